The molecule has 2 aromatic rings. The SMILES string of the molecule is CC(C)CC(CNC(=O)c1cn2ccccc2n1)C(=O)O. The Kier molecular flexibility index (Phi) is 4.57. The number of hydrogen-bond acceptors (Lipinski definition) is 3. The molecule has 2 N–H and O–H groups in total. The topological polar surface area (TPSA) is 83.7 Å². The zero-order chi connectivity index (χ0) is 15.4. The van der Waals surface area contributed by atoms with Gasteiger partial charge in [-0.3, -0.25) is 9.59 Å². The van der Waals surface area contributed by atoms with E-state index in [1.54, 1.807) is 22.9 Å². The Morgan fingerprint density at radius 1 is 1.38 bits per heavy atom. The number of imidazole rings is 1. The summed E-state index contributed by atoms with van der Waals surface area (Å²) in [5.41, 5.74) is 0.967. The van der Waals surface area contributed by atoms with Gasteiger partial charge in [-0.1, -0.05) is 19.9 Å². The number of fused-ring (bicyclic) bond motifs is 1. The van der Waals surface area contributed by atoms with Gasteiger partial charge in [0.1, 0.15) is 11.3 Å². The molecule has 0 spiro atoms. The minimum absolute atomic E-state index is 0.111. The molecule has 0 aromatic carbocycles. The van der Waals surface area contributed by atoms with Gasteiger partial charge in [0.25, 0.3) is 5.91 Å². The normalized spacial score (nSPS) is 12.5. The fourth-order valence-electron chi connectivity index (χ4n) is 2.19. The molecule has 0 radical (unpaired) electrons. The number of aliphatic carboxylic acids is 1. The highest BCUT2D eigenvalue weighted by Gasteiger charge is 2.20. The van der Waals surface area contributed by atoms with Crippen LogP contribution in [0.4, 0.5) is 0 Å². The summed E-state index contributed by atoms with van der Waals surface area (Å²) in [6, 6.07) is 5.49. The Morgan fingerprint density at radius 3 is 2.76 bits per heavy atom. The quantitative estimate of drug-likeness (QED) is 0.849. The van der Waals surface area contributed by atoms with Crippen LogP contribution in [-0.2, 0) is 4.79 Å². The van der Waals surface area contributed by atoms with Crippen molar-refractivity contribution < 1.29 is 14.7 Å². The lowest BCUT2D eigenvalue weighted by Gasteiger charge is -2.14. The summed E-state index contributed by atoms with van der Waals surface area (Å²) >= 11 is 0. The van der Waals surface area contributed by atoms with Crippen molar-refractivity contribution in [3.63, 3.8) is 0 Å². The van der Waals surface area contributed by atoms with Crippen molar-refractivity contribution in [2.45, 2.75) is 20.3 Å². The van der Waals surface area contributed by atoms with E-state index in [1.807, 2.05) is 26.0 Å². The zero-order valence-electron chi connectivity index (χ0n) is 12.1. The lowest BCUT2D eigenvalue weighted by Crippen LogP contribution is -2.33. The average molecular weight is 289 g/mol. The third-order valence-electron chi connectivity index (χ3n) is 3.21. The van der Waals surface area contributed by atoms with Crippen LogP contribution in [-0.4, -0.2) is 32.9 Å². The van der Waals surface area contributed by atoms with Crippen LogP contribution in [0.2, 0.25) is 0 Å². The summed E-state index contributed by atoms with van der Waals surface area (Å²) in [5, 5.41) is 11.8. The molecule has 2 aromatic heterocycles. The first kappa shape index (κ1) is 15.0. The molecular formula is C15H19N3O3. The molecule has 0 fully saturated rings. The van der Waals surface area contributed by atoms with Crippen molar-refractivity contribution in [2.24, 2.45) is 11.8 Å². The molecule has 112 valence electrons. The lowest BCUT2D eigenvalue weighted by atomic mass is 9.97. The van der Waals surface area contributed by atoms with Crippen LogP contribution in [0.5, 0.6) is 0 Å². The smallest absolute Gasteiger partial charge is 0.308 e. The number of nitrogens with zero attached hydrogens (tertiary/aromatic N) is 2. The summed E-state index contributed by atoms with van der Waals surface area (Å²) < 4.78 is 1.75. The standard InChI is InChI=1S/C15H19N3O3/c1-10(2)7-11(15(20)21)8-16-14(19)12-9-18-6-4-3-5-13(18)17-12/h3-6,9-11H,7-8H2,1-2H3,(H,16,19)(H,20,21). The van der Waals surface area contributed by atoms with Gasteiger partial charge in [0.2, 0.25) is 0 Å². The monoisotopic (exact) mass is 289 g/mol. The molecule has 0 aliphatic carbocycles. The Morgan fingerprint density at radius 2 is 2.14 bits per heavy atom. The van der Waals surface area contributed by atoms with E-state index in [4.69, 9.17) is 5.11 Å². The Balaban J connectivity index is 2.01. The predicted molar refractivity (Wildman–Crippen MR) is 78.1 cm³/mol. The van der Waals surface area contributed by atoms with E-state index in [2.05, 4.69) is 10.3 Å². The first-order valence-electron chi connectivity index (χ1n) is 6.92. The number of rotatable bonds is 6. The molecule has 0 saturated heterocycles. The van der Waals surface area contributed by atoms with Crippen molar-refractivity contribution >= 4 is 17.5 Å². The van der Waals surface area contributed by atoms with E-state index in [0.29, 0.717) is 12.1 Å². The fourth-order valence-corrected chi connectivity index (χ4v) is 2.19. The van der Waals surface area contributed by atoms with Gasteiger partial charge >= 0.3 is 5.97 Å². The van der Waals surface area contributed by atoms with Crippen molar-refractivity contribution in [1.29, 1.82) is 0 Å². The van der Waals surface area contributed by atoms with Crippen LogP contribution in [0, 0.1) is 11.8 Å². The van der Waals surface area contributed by atoms with E-state index < -0.39 is 11.9 Å². The average Bonchev–Trinajstić information content (AvgIpc) is 2.86. The highest BCUT2D eigenvalue weighted by Crippen LogP contribution is 2.11. The molecule has 1 amide bonds. The van der Waals surface area contributed by atoms with Crippen LogP contribution in [0.15, 0.2) is 30.6 Å². The lowest BCUT2D eigenvalue weighted by molar-refractivity contribution is -0.142. The highest BCUT2D eigenvalue weighted by atomic mass is 16.4. The van der Waals surface area contributed by atoms with Gasteiger partial charge in [0.15, 0.2) is 0 Å². The molecule has 2 heterocycles. The number of hydrogen-bond donors (Lipinski definition) is 2. The van der Waals surface area contributed by atoms with Gasteiger partial charge < -0.3 is 14.8 Å². The molecule has 0 aliphatic heterocycles. The van der Waals surface area contributed by atoms with Gasteiger partial charge in [-0.2, -0.15) is 0 Å². The van der Waals surface area contributed by atoms with Crippen LogP contribution in [0.25, 0.3) is 5.65 Å². The van der Waals surface area contributed by atoms with Gasteiger partial charge in [-0.25, -0.2) is 4.98 Å². The summed E-state index contributed by atoms with van der Waals surface area (Å²) in [7, 11) is 0. The van der Waals surface area contributed by atoms with Crippen molar-refractivity contribution in [3.8, 4) is 0 Å². The van der Waals surface area contributed by atoms with Crippen molar-refractivity contribution in [1.82, 2.24) is 14.7 Å². The zero-order valence-corrected chi connectivity index (χ0v) is 12.1. The number of amides is 1. The Labute approximate surface area is 122 Å². The summed E-state index contributed by atoms with van der Waals surface area (Å²) in [6.07, 6.45) is 3.96. The largest absolute Gasteiger partial charge is 0.481 e. The first-order valence-corrected chi connectivity index (χ1v) is 6.92. The maximum atomic E-state index is 12.0. The number of aromatic nitrogens is 2. The van der Waals surface area contributed by atoms with Crippen LogP contribution < -0.4 is 5.32 Å². The highest BCUT2D eigenvalue weighted by molar-refractivity contribution is 5.93. The fraction of sp³-hybridized carbons (Fsp3) is 0.400. The number of carboxylic acid groups (broad SMARTS) is 1. The van der Waals surface area contributed by atoms with Crippen molar-refractivity contribution in [2.75, 3.05) is 6.54 Å². The second-order valence-corrected chi connectivity index (χ2v) is 5.47. The van der Waals surface area contributed by atoms with E-state index in [1.165, 1.54) is 0 Å². The predicted octanol–water partition coefficient (Wildman–Crippen LogP) is 1.81. The molecule has 1 atom stereocenters. The molecule has 1 unspecified atom stereocenters. The molecule has 0 bridgehead atoms. The Hall–Kier alpha value is -2.37. The summed E-state index contributed by atoms with van der Waals surface area (Å²) in [4.78, 5) is 27.4. The molecule has 0 aliphatic rings. The van der Waals surface area contributed by atoms with E-state index >= 15 is 0 Å². The van der Waals surface area contributed by atoms with E-state index in [-0.39, 0.29) is 24.1 Å². The summed E-state index contributed by atoms with van der Waals surface area (Å²) in [5.74, 6) is -1.56. The number of carbonyl (C=O) groups excluding carboxylic acids is 1. The molecule has 6 nitrogen and oxygen atoms in total. The molecule has 21 heavy (non-hydrogen) atoms. The number of nitrogens with one attached hydrogen (secondary N) is 1. The van der Waals surface area contributed by atoms with Gasteiger partial charge in [-0.15, -0.1) is 0 Å². The summed E-state index contributed by atoms with van der Waals surface area (Å²) in [6.45, 7) is 4.03. The van der Waals surface area contributed by atoms with Gasteiger partial charge in [0, 0.05) is 18.9 Å². The third kappa shape index (κ3) is 3.81. The Bertz CT molecular complexity index is 615. The maximum absolute atomic E-state index is 12.0. The number of carboxylic acids is 1. The van der Waals surface area contributed by atoms with Crippen molar-refractivity contribution in [3.05, 3.63) is 36.3 Å². The molecule has 6 heteroatoms. The molecule has 0 saturated carbocycles. The number of carbonyl (C=O) groups is 2. The van der Waals surface area contributed by atoms with E-state index in [9.17, 15) is 9.59 Å². The number of pyridine rings is 1. The van der Waals surface area contributed by atoms with Crippen LogP contribution in [0.3, 0.4) is 0 Å². The maximum Gasteiger partial charge on any atom is 0.308 e. The van der Waals surface area contributed by atoms with Gasteiger partial charge in [0.05, 0.1) is 5.92 Å². The van der Waals surface area contributed by atoms with Gasteiger partial charge in [-0.05, 0) is 24.5 Å². The van der Waals surface area contributed by atoms with E-state index in [0.717, 1.165) is 0 Å². The van der Waals surface area contributed by atoms with Crippen LogP contribution >= 0.6 is 0 Å². The molecule has 2 rings (SSSR count). The second kappa shape index (κ2) is 6.39. The van der Waals surface area contributed by atoms with Crippen LogP contribution in [0.1, 0.15) is 30.8 Å². The minimum Gasteiger partial charge on any atom is -0.481 e. The minimum atomic E-state index is -0.890. The first-order chi connectivity index (χ1) is 9.97. The second-order valence-electron chi connectivity index (χ2n) is 5.47. The molecular weight excluding hydrogens is 270 g/mol. The third-order valence-corrected chi connectivity index (χ3v) is 3.21.